The Balaban J connectivity index is 1.43. The molecule has 0 unspecified atom stereocenters. The number of nitrogens with zero attached hydrogens (tertiary/aromatic N) is 3. The molecule has 2 aliphatic carbocycles. The number of amides is 2. The number of urea groups is 1. The van der Waals surface area contributed by atoms with E-state index in [1.165, 1.54) is 37.8 Å². The zero-order valence-electron chi connectivity index (χ0n) is 19.6. The highest BCUT2D eigenvalue weighted by Gasteiger charge is 2.54. The van der Waals surface area contributed by atoms with Crippen LogP contribution in [0.4, 0.5) is 19.3 Å². The normalized spacial score (nSPS) is 33.7. The topological polar surface area (TPSA) is 47.9 Å². The van der Waals surface area contributed by atoms with Gasteiger partial charge in [-0.3, -0.25) is 4.90 Å². The average Bonchev–Trinajstić information content (AvgIpc) is 3.38. The number of halogens is 2. The van der Waals surface area contributed by atoms with Crippen molar-refractivity contribution < 1.29 is 13.6 Å². The van der Waals surface area contributed by atoms with Gasteiger partial charge in [-0.1, -0.05) is 31.7 Å². The highest BCUT2D eigenvalue weighted by atomic mass is 19.1. The first-order valence-corrected chi connectivity index (χ1v) is 12.8. The molecule has 1 saturated heterocycles. The second kappa shape index (κ2) is 9.32. The SMILES string of the molecule is C[C@H]1C[C@]2(CCN1CC1CCCC1)C(N[C@@H]1CCCC[C@H]1F)=NC(=O)N2c1cccc(F)c1. The largest absolute Gasteiger partial charge is 0.366 e. The van der Waals surface area contributed by atoms with Gasteiger partial charge in [0, 0.05) is 24.8 Å². The van der Waals surface area contributed by atoms with Gasteiger partial charge in [-0.15, -0.1) is 0 Å². The molecule has 33 heavy (non-hydrogen) atoms. The van der Waals surface area contributed by atoms with E-state index in [-0.39, 0.29) is 23.9 Å². The van der Waals surface area contributed by atoms with E-state index in [2.05, 4.69) is 22.1 Å². The number of likely N-dealkylation sites (tertiary alicyclic amines) is 1. The third-order valence-corrected chi connectivity index (χ3v) is 8.37. The number of alkyl halides is 1. The Labute approximate surface area is 195 Å². The maximum Gasteiger partial charge on any atom is 0.350 e. The molecule has 1 aromatic rings. The highest BCUT2D eigenvalue weighted by molar-refractivity contribution is 6.16. The lowest BCUT2D eigenvalue weighted by Crippen LogP contribution is -2.64. The predicted octanol–water partition coefficient (Wildman–Crippen LogP) is 5.45. The Bertz CT molecular complexity index is 902. The second-order valence-corrected chi connectivity index (χ2v) is 10.6. The van der Waals surface area contributed by atoms with Crippen LogP contribution in [-0.4, -0.2) is 53.7 Å². The molecule has 2 amide bonds. The van der Waals surface area contributed by atoms with Gasteiger partial charge in [-0.05, 0) is 69.6 Å². The van der Waals surface area contributed by atoms with E-state index >= 15 is 0 Å². The molecule has 180 valence electrons. The molecule has 1 N–H and O–H groups in total. The van der Waals surface area contributed by atoms with Crippen LogP contribution >= 0.6 is 0 Å². The summed E-state index contributed by atoms with van der Waals surface area (Å²) in [5.74, 6) is 0.963. The molecule has 0 aromatic heterocycles. The van der Waals surface area contributed by atoms with Crippen molar-refractivity contribution in [2.75, 3.05) is 18.0 Å². The molecule has 1 aromatic carbocycles. The van der Waals surface area contributed by atoms with Crippen LogP contribution in [0.25, 0.3) is 0 Å². The minimum atomic E-state index is -0.934. The van der Waals surface area contributed by atoms with Crippen molar-refractivity contribution in [1.82, 2.24) is 10.2 Å². The number of hydrogen-bond donors (Lipinski definition) is 1. The molecule has 4 aliphatic rings. The van der Waals surface area contributed by atoms with Crippen molar-refractivity contribution in [3.63, 3.8) is 0 Å². The fourth-order valence-electron chi connectivity index (χ4n) is 6.58. The first-order chi connectivity index (χ1) is 16.0. The number of piperidine rings is 1. The van der Waals surface area contributed by atoms with Crippen LogP contribution in [0, 0.1) is 11.7 Å². The molecule has 2 heterocycles. The number of benzene rings is 1. The first kappa shape index (κ1) is 22.8. The molecule has 0 bridgehead atoms. The number of amidine groups is 1. The fraction of sp³-hybridized carbons (Fsp3) is 0.692. The number of carbonyl (C=O) groups is 1. The van der Waals surface area contributed by atoms with Crippen molar-refractivity contribution >= 4 is 17.6 Å². The molecule has 2 aliphatic heterocycles. The number of aliphatic imine (C=N–C) groups is 1. The lowest BCUT2D eigenvalue weighted by Gasteiger charge is -2.49. The van der Waals surface area contributed by atoms with Crippen LogP contribution in [-0.2, 0) is 0 Å². The summed E-state index contributed by atoms with van der Waals surface area (Å²) in [6, 6.07) is 5.75. The van der Waals surface area contributed by atoms with Gasteiger partial charge in [0.25, 0.3) is 0 Å². The summed E-state index contributed by atoms with van der Waals surface area (Å²) in [6.45, 7) is 4.17. The van der Waals surface area contributed by atoms with Crippen LogP contribution in [0.2, 0.25) is 0 Å². The maximum absolute atomic E-state index is 14.7. The number of carbonyl (C=O) groups excluding carboxylic acids is 1. The summed E-state index contributed by atoms with van der Waals surface area (Å²) < 4.78 is 28.9. The highest BCUT2D eigenvalue weighted by Crippen LogP contribution is 2.42. The van der Waals surface area contributed by atoms with Crippen molar-refractivity contribution in [3.8, 4) is 0 Å². The molecule has 0 radical (unpaired) electrons. The van der Waals surface area contributed by atoms with Gasteiger partial charge in [-0.2, -0.15) is 4.99 Å². The first-order valence-electron chi connectivity index (χ1n) is 12.8. The number of nitrogens with one attached hydrogen (secondary N) is 1. The molecule has 3 fully saturated rings. The van der Waals surface area contributed by atoms with E-state index in [9.17, 15) is 13.6 Å². The van der Waals surface area contributed by atoms with E-state index in [0.717, 1.165) is 38.3 Å². The zero-order valence-corrected chi connectivity index (χ0v) is 19.6. The fourth-order valence-corrected chi connectivity index (χ4v) is 6.58. The van der Waals surface area contributed by atoms with Crippen LogP contribution < -0.4 is 10.2 Å². The summed E-state index contributed by atoms with van der Waals surface area (Å²) >= 11 is 0. The van der Waals surface area contributed by atoms with Crippen molar-refractivity contribution in [1.29, 1.82) is 0 Å². The van der Waals surface area contributed by atoms with Gasteiger partial charge in [0.05, 0.1) is 6.04 Å². The number of anilines is 1. The lowest BCUT2D eigenvalue weighted by molar-refractivity contribution is 0.110. The number of rotatable bonds is 4. The minimum absolute atomic E-state index is 0.251. The molecule has 4 atom stereocenters. The second-order valence-electron chi connectivity index (χ2n) is 10.6. The van der Waals surface area contributed by atoms with Crippen LogP contribution in [0.1, 0.15) is 71.1 Å². The van der Waals surface area contributed by atoms with Gasteiger partial charge in [0.2, 0.25) is 0 Å². The lowest BCUT2D eigenvalue weighted by atomic mass is 9.80. The summed E-state index contributed by atoms with van der Waals surface area (Å²) in [5.41, 5.74) is -0.161. The van der Waals surface area contributed by atoms with Gasteiger partial charge < -0.3 is 10.2 Å². The minimum Gasteiger partial charge on any atom is -0.366 e. The summed E-state index contributed by atoms with van der Waals surface area (Å²) in [4.78, 5) is 21.9. The van der Waals surface area contributed by atoms with Gasteiger partial charge >= 0.3 is 6.03 Å². The third kappa shape index (κ3) is 4.41. The molecule has 5 nitrogen and oxygen atoms in total. The van der Waals surface area contributed by atoms with Crippen molar-refractivity contribution in [2.45, 2.75) is 94.9 Å². The molecule has 7 heteroatoms. The summed E-state index contributed by atoms with van der Waals surface area (Å²) in [6.07, 6.45) is 8.90. The summed E-state index contributed by atoms with van der Waals surface area (Å²) in [7, 11) is 0. The van der Waals surface area contributed by atoms with Crippen molar-refractivity contribution in [2.24, 2.45) is 10.9 Å². The Morgan fingerprint density at radius 1 is 1.15 bits per heavy atom. The van der Waals surface area contributed by atoms with E-state index in [1.54, 1.807) is 17.0 Å². The molecule has 2 saturated carbocycles. The van der Waals surface area contributed by atoms with E-state index in [1.807, 2.05) is 0 Å². The standard InChI is InChI=1S/C26H36F2N4O/c1-18-16-26(13-14-31(18)17-19-7-2-3-8-19)24(29-23-12-5-4-11-22(23)28)30-25(33)32(26)21-10-6-9-20(27)15-21/h6,9-10,15,18-19,22-23H,2-5,7-8,11-14,16-17H2,1H3,(H,29,30,33)/t18-,22+,23+,26+/m0/s1. The van der Waals surface area contributed by atoms with E-state index < -0.39 is 11.7 Å². The molecule has 5 rings (SSSR count). The van der Waals surface area contributed by atoms with Crippen LogP contribution in [0.15, 0.2) is 29.3 Å². The molecule has 1 spiro atoms. The average molecular weight is 459 g/mol. The van der Waals surface area contributed by atoms with Gasteiger partial charge in [-0.25, -0.2) is 13.6 Å². The van der Waals surface area contributed by atoms with Gasteiger partial charge in [0.1, 0.15) is 23.4 Å². The smallest absolute Gasteiger partial charge is 0.350 e. The Hall–Kier alpha value is -2.02. The molecular formula is C26H36F2N4O. The zero-order chi connectivity index (χ0) is 23.0. The van der Waals surface area contributed by atoms with Crippen LogP contribution in [0.5, 0.6) is 0 Å². The summed E-state index contributed by atoms with van der Waals surface area (Å²) in [5, 5.41) is 3.38. The Kier molecular flexibility index (Phi) is 6.43. The third-order valence-electron chi connectivity index (χ3n) is 8.37. The Morgan fingerprint density at radius 3 is 2.64 bits per heavy atom. The van der Waals surface area contributed by atoms with E-state index in [4.69, 9.17) is 0 Å². The monoisotopic (exact) mass is 458 g/mol. The van der Waals surface area contributed by atoms with Crippen molar-refractivity contribution in [3.05, 3.63) is 30.1 Å². The van der Waals surface area contributed by atoms with Crippen LogP contribution in [0.3, 0.4) is 0 Å². The van der Waals surface area contributed by atoms with E-state index in [0.29, 0.717) is 30.8 Å². The quantitative estimate of drug-likeness (QED) is 0.653. The van der Waals surface area contributed by atoms with Gasteiger partial charge in [0.15, 0.2) is 0 Å². The molecular weight excluding hydrogens is 422 g/mol. The number of hydrogen-bond acceptors (Lipinski definition) is 3. The maximum atomic E-state index is 14.7. The predicted molar refractivity (Wildman–Crippen MR) is 127 cm³/mol. The Morgan fingerprint density at radius 2 is 1.91 bits per heavy atom.